The third-order valence-corrected chi connectivity index (χ3v) is 4.00. The van der Waals surface area contributed by atoms with E-state index in [4.69, 9.17) is 11.6 Å². The molecule has 0 aromatic carbocycles. The van der Waals surface area contributed by atoms with Gasteiger partial charge in [0.1, 0.15) is 0 Å². The van der Waals surface area contributed by atoms with Gasteiger partial charge in [0.15, 0.2) is 0 Å². The highest BCUT2D eigenvalue weighted by atomic mass is 35.5. The molecular formula is C13H24ClN3. The Hall–Kier alpha value is -0.540. The Balaban J connectivity index is 2.86. The predicted octanol–water partition coefficient (Wildman–Crippen LogP) is 2.95. The summed E-state index contributed by atoms with van der Waals surface area (Å²) in [7, 11) is 1.97. The Morgan fingerprint density at radius 2 is 2.06 bits per heavy atom. The van der Waals surface area contributed by atoms with Gasteiger partial charge in [-0.25, -0.2) is 0 Å². The molecular weight excluding hydrogens is 234 g/mol. The van der Waals surface area contributed by atoms with Gasteiger partial charge in [-0.1, -0.05) is 32.4 Å². The van der Waals surface area contributed by atoms with Crippen LogP contribution in [0.25, 0.3) is 0 Å². The molecule has 1 atom stereocenters. The highest BCUT2D eigenvalue weighted by Gasteiger charge is 2.25. The van der Waals surface area contributed by atoms with E-state index in [1.807, 2.05) is 18.7 Å². The smallest absolute Gasteiger partial charge is 0.0847 e. The van der Waals surface area contributed by atoms with E-state index < -0.39 is 0 Å². The van der Waals surface area contributed by atoms with Crippen molar-refractivity contribution < 1.29 is 0 Å². The first-order valence-corrected chi connectivity index (χ1v) is 6.70. The predicted molar refractivity (Wildman–Crippen MR) is 73.6 cm³/mol. The molecule has 0 aliphatic rings. The number of hydrogen-bond donors (Lipinski definition) is 1. The van der Waals surface area contributed by atoms with Gasteiger partial charge >= 0.3 is 0 Å². The second-order valence-electron chi connectivity index (χ2n) is 5.09. The quantitative estimate of drug-likeness (QED) is 0.849. The molecule has 0 radical (unpaired) electrons. The minimum atomic E-state index is 0.236. The number of nitrogens with zero attached hydrogens (tertiary/aromatic N) is 2. The van der Waals surface area contributed by atoms with Crippen LogP contribution in [0.2, 0.25) is 5.02 Å². The van der Waals surface area contributed by atoms with Crippen molar-refractivity contribution >= 4 is 11.6 Å². The van der Waals surface area contributed by atoms with Crippen molar-refractivity contribution in [2.75, 3.05) is 13.1 Å². The summed E-state index contributed by atoms with van der Waals surface area (Å²) in [6.45, 7) is 10.6. The van der Waals surface area contributed by atoms with Gasteiger partial charge in [0, 0.05) is 13.6 Å². The van der Waals surface area contributed by atoms with E-state index in [1.54, 1.807) is 0 Å². The molecule has 98 valence electrons. The Kier molecular flexibility index (Phi) is 5.02. The van der Waals surface area contributed by atoms with Crippen LogP contribution in [0.5, 0.6) is 0 Å². The fraction of sp³-hybridized carbons (Fsp3) is 0.769. The van der Waals surface area contributed by atoms with E-state index in [0.717, 1.165) is 42.3 Å². The monoisotopic (exact) mass is 257 g/mol. The number of aryl methyl sites for hydroxylation is 2. The van der Waals surface area contributed by atoms with Gasteiger partial charge in [-0.15, -0.1) is 0 Å². The average molecular weight is 258 g/mol. The second kappa shape index (κ2) is 5.87. The van der Waals surface area contributed by atoms with Crippen molar-refractivity contribution in [2.24, 2.45) is 12.5 Å². The SMILES string of the molecule is CCNCC(C)(CC)Cc1c(Cl)c(C)nn1C. The Morgan fingerprint density at radius 1 is 1.41 bits per heavy atom. The summed E-state index contributed by atoms with van der Waals surface area (Å²) in [6.07, 6.45) is 2.09. The molecule has 0 saturated heterocycles. The first-order chi connectivity index (χ1) is 7.93. The molecule has 0 fully saturated rings. The molecule has 0 spiro atoms. The van der Waals surface area contributed by atoms with E-state index in [-0.39, 0.29) is 5.41 Å². The van der Waals surface area contributed by atoms with Crippen LogP contribution in [-0.2, 0) is 13.5 Å². The number of nitrogens with one attached hydrogen (secondary N) is 1. The summed E-state index contributed by atoms with van der Waals surface area (Å²) in [4.78, 5) is 0. The molecule has 1 rings (SSSR count). The summed E-state index contributed by atoms with van der Waals surface area (Å²) in [5, 5.41) is 8.63. The number of rotatable bonds is 6. The molecule has 0 aliphatic heterocycles. The fourth-order valence-corrected chi connectivity index (χ4v) is 2.24. The molecule has 4 heteroatoms. The topological polar surface area (TPSA) is 29.9 Å². The van der Waals surface area contributed by atoms with E-state index in [0.29, 0.717) is 0 Å². The van der Waals surface area contributed by atoms with Gasteiger partial charge < -0.3 is 5.32 Å². The lowest BCUT2D eigenvalue weighted by Gasteiger charge is -2.28. The van der Waals surface area contributed by atoms with Gasteiger partial charge in [-0.05, 0) is 31.7 Å². The standard InChI is InChI=1S/C13H24ClN3/c1-6-13(4,9-15-7-2)8-11-12(14)10(3)16-17(11)5/h15H,6-9H2,1-5H3. The Bertz CT molecular complexity index is 373. The van der Waals surface area contributed by atoms with Crippen molar-refractivity contribution in [1.29, 1.82) is 0 Å². The summed E-state index contributed by atoms with van der Waals surface area (Å²) in [6, 6.07) is 0. The van der Waals surface area contributed by atoms with Crippen molar-refractivity contribution in [2.45, 2.75) is 40.5 Å². The van der Waals surface area contributed by atoms with E-state index in [1.165, 1.54) is 0 Å². The Labute approximate surface area is 110 Å². The number of hydrogen-bond acceptors (Lipinski definition) is 2. The van der Waals surface area contributed by atoms with Crippen LogP contribution in [0.3, 0.4) is 0 Å². The molecule has 0 bridgehead atoms. The maximum atomic E-state index is 6.31. The molecule has 1 N–H and O–H groups in total. The zero-order valence-corrected chi connectivity index (χ0v) is 12.4. The van der Waals surface area contributed by atoms with Crippen LogP contribution in [-0.4, -0.2) is 22.9 Å². The van der Waals surface area contributed by atoms with E-state index >= 15 is 0 Å². The lowest BCUT2D eigenvalue weighted by atomic mass is 9.82. The summed E-state index contributed by atoms with van der Waals surface area (Å²) in [5.41, 5.74) is 2.30. The van der Waals surface area contributed by atoms with E-state index in [2.05, 4.69) is 31.2 Å². The van der Waals surface area contributed by atoms with Crippen LogP contribution < -0.4 is 5.32 Å². The lowest BCUT2D eigenvalue weighted by molar-refractivity contribution is 0.286. The maximum absolute atomic E-state index is 6.31. The fourth-order valence-electron chi connectivity index (χ4n) is 2.02. The van der Waals surface area contributed by atoms with Crippen LogP contribution >= 0.6 is 11.6 Å². The van der Waals surface area contributed by atoms with Crippen molar-refractivity contribution in [3.63, 3.8) is 0 Å². The molecule has 0 amide bonds. The summed E-state index contributed by atoms with van der Waals surface area (Å²) in [5.74, 6) is 0. The summed E-state index contributed by atoms with van der Waals surface area (Å²) >= 11 is 6.31. The highest BCUT2D eigenvalue weighted by Crippen LogP contribution is 2.30. The Morgan fingerprint density at radius 3 is 2.47 bits per heavy atom. The van der Waals surface area contributed by atoms with Crippen LogP contribution in [0.1, 0.15) is 38.6 Å². The normalized spacial score (nSPS) is 14.9. The second-order valence-corrected chi connectivity index (χ2v) is 5.47. The number of halogens is 1. The minimum Gasteiger partial charge on any atom is -0.316 e. The minimum absolute atomic E-state index is 0.236. The molecule has 3 nitrogen and oxygen atoms in total. The maximum Gasteiger partial charge on any atom is 0.0847 e. The van der Waals surface area contributed by atoms with Gasteiger partial charge in [0.25, 0.3) is 0 Å². The molecule has 1 aromatic heterocycles. The van der Waals surface area contributed by atoms with Crippen molar-refractivity contribution in [3.8, 4) is 0 Å². The van der Waals surface area contributed by atoms with Crippen LogP contribution in [0, 0.1) is 12.3 Å². The number of aromatic nitrogens is 2. The zero-order chi connectivity index (χ0) is 13.1. The first-order valence-electron chi connectivity index (χ1n) is 6.32. The van der Waals surface area contributed by atoms with Gasteiger partial charge in [-0.3, -0.25) is 4.68 Å². The van der Waals surface area contributed by atoms with Gasteiger partial charge in [0.05, 0.1) is 16.4 Å². The lowest BCUT2D eigenvalue weighted by Crippen LogP contribution is -2.33. The highest BCUT2D eigenvalue weighted by molar-refractivity contribution is 6.31. The third kappa shape index (κ3) is 3.46. The first kappa shape index (κ1) is 14.5. The van der Waals surface area contributed by atoms with Gasteiger partial charge in [-0.2, -0.15) is 5.10 Å². The van der Waals surface area contributed by atoms with Crippen LogP contribution in [0.15, 0.2) is 0 Å². The molecule has 0 saturated carbocycles. The zero-order valence-electron chi connectivity index (χ0n) is 11.6. The molecule has 17 heavy (non-hydrogen) atoms. The van der Waals surface area contributed by atoms with E-state index in [9.17, 15) is 0 Å². The van der Waals surface area contributed by atoms with Crippen LogP contribution in [0.4, 0.5) is 0 Å². The third-order valence-electron chi connectivity index (χ3n) is 3.51. The molecule has 1 heterocycles. The molecule has 1 aromatic rings. The molecule has 0 aliphatic carbocycles. The van der Waals surface area contributed by atoms with Crippen molar-refractivity contribution in [3.05, 3.63) is 16.4 Å². The van der Waals surface area contributed by atoms with Gasteiger partial charge in [0.2, 0.25) is 0 Å². The average Bonchev–Trinajstić information content (AvgIpc) is 2.53. The molecule has 1 unspecified atom stereocenters. The largest absolute Gasteiger partial charge is 0.316 e. The van der Waals surface area contributed by atoms with Crippen molar-refractivity contribution in [1.82, 2.24) is 15.1 Å². The summed E-state index contributed by atoms with van der Waals surface area (Å²) < 4.78 is 1.91.